The molecular weight excluding hydrogens is 370 g/mol. The van der Waals surface area contributed by atoms with Crippen molar-refractivity contribution in [1.29, 1.82) is 0 Å². The van der Waals surface area contributed by atoms with E-state index < -0.39 is 18.0 Å². The highest BCUT2D eigenvalue weighted by Crippen LogP contribution is 2.29. The monoisotopic (exact) mass is 391 g/mol. The summed E-state index contributed by atoms with van der Waals surface area (Å²) in [5.41, 5.74) is 0.522. The number of hydrogen-bond acceptors (Lipinski definition) is 4. The molecule has 8 heteroatoms. The minimum Gasteiger partial charge on any atom is -0.356 e. The minimum absolute atomic E-state index is 0.0864. The Morgan fingerprint density at radius 3 is 2.79 bits per heavy atom. The maximum atomic E-state index is 12.8. The first kappa shape index (κ1) is 18.7. The number of carbonyl (C=O) groups excluding carboxylic acids is 3. The summed E-state index contributed by atoms with van der Waals surface area (Å²) in [5, 5.41) is 7.17. The van der Waals surface area contributed by atoms with E-state index in [2.05, 4.69) is 15.6 Å². The third-order valence-electron chi connectivity index (χ3n) is 4.89. The Morgan fingerprint density at radius 2 is 1.97 bits per heavy atom. The molecule has 2 aromatic carbocycles. The Morgan fingerprint density at radius 1 is 1.14 bits per heavy atom. The lowest BCUT2D eigenvalue weighted by atomic mass is 10.1. The van der Waals surface area contributed by atoms with Crippen molar-refractivity contribution in [3.63, 3.8) is 0 Å². The number of imidazole rings is 1. The summed E-state index contributed by atoms with van der Waals surface area (Å²) >= 11 is 0. The standard InChI is InChI=1S/C21H21N5O3/c27-19(23-9-4-11-25-12-10-22-14-25)13-17-20(28)26(21(29)24-17)18-8-3-6-15-5-1-2-7-16(15)18/h1-3,5-8,10,12,14,17H,4,9,11,13H2,(H,23,27)(H,24,29). The Labute approximate surface area is 167 Å². The van der Waals surface area contributed by atoms with Gasteiger partial charge in [-0.15, -0.1) is 0 Å². The van der Waals surface area contributed by atoms with E-state index in [4.69, 9.17) is 0 Å². The van der Waals surface area contributed by atoms with Gasteiger partial charge in [0.2, 0.25) is 5.91 Å². The number of anilines is 1. The van der Waals surface area contributed by atoms with E-state index in [1.54, 1.807) is 24.7 Å². The van der Waals surface area contributed by atoms with Crippen LogP contribution in [-0.2, 0) is 16.1 Å². The van der Waals surface area contributed by atoms with Crippen molar-refractivity contribution in [3.05, 3.63) is 61.2 Å². The molecule has 1 saturated heterocycles. The zero-order valence-corrected chi connectivity index (χ0v) is 15.7. The van der Waals surface area contributed by atoms with Gasteiger partial charge in [0.25, 0.3) is 5.91 Å². The predicted molar refractivity (Wildman–Crippen MR) is 108 cm³/mol. The highest BCUT2D eigenvalue weighted by atomic mass is 16.2. The number of carbonyl (C=O) groups is 3. The molecule has 4 amide bonds. The van der Waals surface area contributed by atoms with E-state index in [0.29, 0.717) is 12.2 Å². The Bertz CT molecular complexity index is 1040. The Hall–Kier alpha value is -3.68. The molecule has 1 aliphatic rings. The molecule has 29 heavy (non-hydrogen) atoms. The highest BCUT2D eigenvalue weighted by molar-refractivity contribution is 6.24. The summed E-state index contributed by atoms with van der Waals surface area (Å²) in [6.45, 7) is 1.23. The molecular formula is C21H21N5O3. The van der Waals surface area contributed by atoms with Crippen LogP contribution in [0.2, 0.25) is 0 Å². The van der Waals surface area contributed by atoms with Crippen molar-refractivity contribution in [2.24, 2.45) is 0 Å². The Balaban J connectivity index is 1.37. The second-order valence-electron chi connectivity index (χ2n) is 6.88. The van der Waals surface area contributed by atoms with Crippen LogP contribution in [-0.4, -0.2) is 40.0 Å². The summed E-state index contributed by atoms with van der Waals surface area (Å²) in [4.78, 5) is 42.6. The molecule has 0 radical (unpaired) electrons. The first-order valence-corrected chi connectivity index (χ1v) is 9.48. The molecule has 2 heterocycles. The molecule has 0 spiro atoms. The van der Waals surface area contributed by atoms with Gasteiger partial charge >= 0.3 is 6.03 Å². The molecule has 148 valence electrons. The van der Waals surface area contributed by atoms with Crippen LogP contribution in [0.1, 0.15) is 12.8 Å². The van der Waals surface area contributed by atoms with Crippen molar-refractivity contribution < 1.29 is 14.4 Å². The van der Waals surface area contributed by atoms with E-state index in [-0.39, 0.29) is 12.3 Å². The third kappa shape index (κ3) is 3.96. The van der Waals surface area contributed by atoms with Crippen LogP contribution in [0.25, 0.3) is 10.8 Å². The van der Waals surface area contributed by atoms with Gasteiger partial charge in [0.05, 0.1) is 18.4 Å². The van der Waals surface area contributed by atoms with Crippen LogP contribution in [0.3, 0.4) is 0 Å². The molecule has 4 rings (SSSR count). The number of urea groups is 1. The zero-order chi connectivity index (χ0) is 20.2. The molecule has 2 N–H and O–H groups in total. The number of imide groups is 1. The van der Waals surface area contributed by atoms with Crippen molar-refractivity contribution in [2.45, 2.75) is 25.4 Å². The van der Waals surface area contributed by atoms with E-state index >= 15 is 0 Å². The van der Waals surface area contributed by atoms with Crippen molar-refractivity contribution in [1.82, 2.24) is 20.2 Å². The number of nitrogens with zero attached hydrogens (tertiary/aromatic N) is 3. The van der Waals surface area contributed by atoms with Gasteiger partial charge in [0.15, 0.2) is 0 Å². The van der Waals surface area contributed by atoms with Gasteiger partial charge < -0.3 is 15.2 Å². The molecule has 0 saturated carbocycles. The number of aryl methyl sites for hydroxylation is 1. The largest absolute Gasteiger partial charge is 0.356 e. The number of aromatic nitrogens is 2. The molecule has 8 nitrogen and oxygen atoms in total. The molecule has 1 aromatic heterocycles. The van der Waals surface area contributed by atoms with Crippen molar-refractivity contribution in [2.75, 3.05) is 11.4 Å². The molecule has 3 aromatic rings. The molecule has 1 unspecified atom stereocenters. The van der Waals surface area contributed by atoms with Crippen molar-refractivity contribution in [3.8, 4) is 0 Å². The minimum atomic E-state index is -0.866. The second-order valence-corrected chi connectivity index (χ2v) is 6.88. The molecule has 1 aliphatic heterocycles. The predicted octanol–water partition coefficient (Wildman–Crippen LogP) is 2.06. The smallest absolute Gasteiger partial charge is 0.329 e. The summed E-state index contributed by atoms with van der Waals surface area (Å²) in [6, 6.07) is 11.6. The van der Waals surface area contributed by atoms with Gasteiger partial charge in [-0.2, -0.15) is 0 Å². The average molecular weight is 391 g/mol. The van der Waals surface area contributed by atoms with Crippen LogP contribution in [0.15, 0.2) is 61.2 Å². The zero-order valence-electron chi connectivity index (χ0n) is 15.7. The topological polar surface area (TPSA) is 96.3 Å². The van der Waals surface area contributed by atoms with Gasteiger partial charge in [0, 0.05) is 30.9 Å². The van der Waals surface area contributed by atoms with Crippen LogP contribution >= 0.6 is 0 Å². The van der Waals surface area contributed by atoms with E-state index in [1.807, 2.05) is 41.1 Å². The lowest BCUT2D eigenvalue weighted by Gasteiger charge is -2.15. The quantitative estimate of drug-likeness (QED) is 0.476. The third-order valence-corrected chi connectivity index (χ3v) is 4.89. The maximum Gasteiger partial charge on any atom is 0.329 e. The van der Waals surface area contributed by atoms with E-state index in [9.17, 15) is 14.4 Å². The number of benzene rings is 2. The maximum absolute atomic E-state index is 12.8. The number of rotatable bonds is 7. The fraction of sp³-hybridized carbons (Fsp3) is 0.238. The van der Waals surface area contributed by atoms with E-state index in [1.165, 1.54) is 0 Å². The van der Waals surface area contributed by atoms with Gasteiger partial charge in [-0.3, -0.25) is 9.59 Å². The van der Waals surface area contributed by atoms with Gasteiger partial charge in [-0.05, 0) is 17.9 Å². The van der Waals surface area contributed by atoms with Crippen LogP contribution < -0.4 is 15.5 Å². The summed E-state index contributed by atoms with van der Waals surface area (Å²) in [5.74, 6) is -0.686. The number of hydrogen-bond donors (Lipinski definition) is 2. The molecule has 1 fully saturated rings. The van der Waals surface area contributed by atoms with Crippen molar-refractivity contribution >= 4 is 34.3 Å². The second kappa shape index (κ2) is 8.14. The molecule has 0 bridgehead atoms. The fourth-order valence-electron chi connectivity index (χ4n) is 3.47. The summed E-state index contributed by atoms with van der Waals surface area (Å²) in [7, 11) is 0. The lowest BCUT2D eigenvalue weighted by Crippen LogP contribution is -2.37. The lowest BCUT2D eigenvalue weighted by molar-refractivity contribution is -0.125. The number of amides is 4. The number of fused-ring (bicyclic) bond motifs is 1. The number of nitrogens with one attached hydrogen (secondary N) is 2. The summed E-state index contributed by atoms with van der Waals surface area (Å²) in [6.07, 6.45) is 5.94. The first-order valence-electron chi connectivity index (χ1n) is 9.48. The van der Waals surface area contributed by atoms with Gasteiger partial charge in [0.1, 0.15) is 6.04 Å². The van der Waals surface area contributed by atoms with E-state index in [0.717, 1.165) is 28.6 Å². The normalized spacial score (nSPS) is 16.3. The van der Waals surface area contributed by atoms with Crippen LogP contribution in [0.5, 0.6) is 0 Å². The van der Waals surface area contributed by atoms with Gasteiger partial charge in [-0.25, -0.2) is 14.7 Å². The first-order chi connectivity index (χ1) is 14.1. The fourth-order valence-corrected chi connectivity index (χ4v) is 3.47. The highest BCUT2D eigenvalue weighted by Gasteiger charge is 2.40. The molecule has 0 aliphatic carbocycles. The van der Waals surface area contributed by atoms with Crippen LogP contribution in [0, 0.1) is 0 Å². The molecule has 1 atom stereocenters. The van der Waals surface area contributed by atoms with Gasteiger partial charge in [-0.1, -0.05) is 36.4 Å². The SMILES string of the molecule is O=C(CC1NC(=O)N(c2cccc3ccccc23)C1=O)NCCCn1ccnc1. The Kier molecular flexibility index (Phi) is 5.24. The summed E-state index contributed by atoms with van der Waals surface area (Å²) < 4.78 is 1.93. The average Bonchev–Trinajstić information content (AvgIpc) is 3.33. The van der Waals surface area contributed by atoms with Crippen LogP contribution in [0.4, 0.5) is 10.5 Å².